The molecule has 0 aliphatic heterocycles. The second kappa shape index (κ2) is 12.2. The number of para-hydroxylation sites is 1. The summed E-state index contributed by atoms with van der Waals surface area (Å²) in [7, 11) is -4.40. The van der Waals surface area contributed by atoms with Gasteiger partial charge in [-0.1, -0.05) is 48.0 Å². The fourth-order valence-electron chi connectivity index (χ4n) is 3.80. The highest BCUT2D eigenvalue weighted by Crippen LogP contribution is 2.27. The summed E-state index contributed by atoms with van der Waals surface area (Å²) < 4.78 is 57.4. The topological polar surface area (TPSA) is 86.8 Å². The van der Waals surface area contributed by atoms with Gasteiger partial charge in [-0.05, 0) is 58.0 Å². The standard InChI is InChI=1S/C28H31F2N3O4S/c1-19(2)31-28(35)21(4)32(17-22-9-5-6-10-24(22)29)27(34)18-33(26-12-8-7-11-25(26)30)38(36,37)23-15-13-20(3)14-16-23/h5-16,19,21H,17-18H2,1-4H3,(H,31,35)/t21-/m1/s1. The fraction of sp³-hybridized carbons (Fsp3) is 0.286. The molecule has 0 bridgehead atoms. The molecule has 3 aromatic carbocycles. The largest absolute Gasteiger partial charge is 0.352 e. The number of anilines is 1. The van der Waals surface area contributed by atoms with Crippen LogP contribution in [0.2, 0.25) is 0 Å². The highest BCUT2D eigenvalue weighted by Gasteiger charge is 2.34. The molecule has 10 heteroatoms. The molecule has 0 saturated heterocycles. The fourth-order valence-corrected chi connectivity index (χ4v) is 5.22. The number of halogens is 2. The van der Waals surface area contributed by atoms with Crippen molar-refractivity contribution in [2.24, 2.45) is 0 Å². The summed E-state index contributed by atoms with van der Waals surface area (Å²) in [5.41, 5.74) is 0.633. The van der Waals surface area contributed by atoms with Gasteiger partial charge in [0, 0.05) is 18.2 Å². The molecule has 1 N–H and O–H groups in total. The van der Waals surface area contributed by atoms with Crippen LogP contribution in [0.4, 0.5) is 14.5 Å². The minimum atomic E-state index is -4.40. The number of hydrogen-bond donors (Lipinski definition) is 1. The molecule has 3 rings (SSSR count). The molecule has 7 nitrogen and oxygen atoms in total. The number of benzene rings is 3. The van der Waals surface area contributed by atoms with E-state index in [1.54, 1.807) is 39.0 Å². The smallest absolute Gasteiger partial charge is 0.264 e. The van der Waals surface area contributed by atoms with E-state index in [9.17, 15) is 26.8 Å². The Bertz CT molecular complexity index is 1400. The van der Waals surface area contributed by atoms with Crippen molar-refractivity contribution in [3.05, 3.63) is 95.6 Å². The third kappa shape index (κ3) is 6.74. The highest BCUT2D eigenvalue weighted by atomic mass is 32.2. The number of amides is 2. The number of nitrogens with zero attached hydrogens (tertiary/aromatic N) is 2. The van der Waals surface area contributed by atoms with Gasteiger partial charge in [-0.3, -0.25) is 13.9 Å². The Hall–Kier alpha value is -3.79. The van der Waals surface area contributed by atoms with E-state index in [2.05, 4.69) is 5.32 Å². The molecule has 1 atom stereocenters. The molecule has 0 heterocycles. The summed E-state index contributed by atoms with van der Waals surface area (Å²) in [5, 5.41) is 2.72. The van der Waals surface area contributed by atoms with E-state index in [1.165, 1.54) is 55.5 Å². The first-order valence-electron chi connectivity index (χ1n) is 12.1. The molecule has 0 aromatic heterocycles. The van der Waals surface area contributed by atoms with Crippen molar-refractivity contribution in [2.75, 3.05) is 10.8 Å². The maximum atomic E-state index is 14.9. The van der Waals surface area contributed by atoms with Gasteiger partial charge in [0.05, 0.1) is 10.6 Å². The molecule has 202 valence electrons. The molecule has 0 fully saturated rings. The van der Waals surface area contributed by atoms with Crippen molar-refractivity contribution < 1.29 is 26.8 Å². The summed E-state index contributed by atoms with van der Waals surface area (Å²) in [4.78, 5) is 27.5. The van der Waals surface area contributed by atoms with Crippen molar-refractivity contribution in [2.45, 2.75) is 51.2 Å². The first-order valence-corrected chi connectivity index (χ1v) is 13.5. The number of nitrogens with one attached hydrogen (secondary N) is 1. The zero-order valence-corrected chi connectivity index (χ0v) is 22.5. The van der Waals surface area contributed by atoms with E-state index in [4.69, 9.17) is 0 Å². The SMILES string of the molecule is Cc1ccc(S(=O)(=O)N(CC(=O)N(Cc2ccccc2F)[C@H](C)C(=O)NC(C)C)c2ccccc2F)cc1. The van der Waals surface area contributed by atoms with Gasteiger partial charge in [-0.2, -0.15) is 0 Å². The van der Waals surface area contributed by atoms with E-state index < -0.39 is 46.1 Å². The number of carbonyl (C=O) groups is 2. The van der Waals surface area contributed by atoms with Crippen LogP contribution in [0, 0.1) is 18.6 Å². The average Bonchev–Trinajstić information content (AvgIpc) is 2.86. The van der Waals surface area contributed by atoms with Crippen LogP contribution in [0.15, 0.2) is 77.7 Å². The Balaban J connectivity index is 2.06. The van der Waals surface area contributed by atoms with E-state index in [-0.39, 0.29) is 28.7 Å². The van der Waals surface area contributed by atoms with Crippen LogP contribution in [0.5, 0.6) is 0 Å². The molecule has 0 unspecified atom stereocenters. The van der Waals surface area contributed by atoms with E-state index in [0.29, 0.717) is 4.31 Å². The highest BCUT2D eigenvalue weighted by molar-refractivity contribution is 7.92. The lowest BCUT2D eigenvalue weighted by Gasteiger charge is -2.32. The summed E-state index contributed by atoms with van der Waals surface area (Å²) in [6, 6.07) is 15.6. The number of sulfonamides is 1. The first kappa shape index (κ1) is 28.8. The average molecular weight is 544 g/mol. The lowest BCUT2D eigenvalue weighted by molar-refractivity contribution is -0.139. The van der Waals surface area contributed by atoms with E-state index in [0.717, 1.165) is 16.5 Å². The van der Waals surface area contributed by atoms with E-state index >= 15 is 0 Å². The van der Waals surface area contributed by atoms with Crippen molar-refractivity contribution in [3.63, 3.8) is 0 Å². The zero-order valence-electron chi connectivity index (χ0n) is 21.7. The minimum absolute atomic E-state index is 0.134. The zero-order chi connectivity index (χ0) is 28.0. The Morgan fingerprint density at radius 1 is 0.868 bits per heavy atom. The number of rotatable bonds is 10. The molecule has 3 aromatic rings. The predicted octanol–water partition coefficient (Wildman–Crippen LogP) is 4.41. The van der Waals surface area contributed by atoms with Crippen LogP contribution in [0.3, 0.4) is 0 Å². The van der Waals surface area contributed by atoms with Gasteiger partial charge in [-0.25, -0.2) is 17.2 Å². The second-order valence-electron chi connectivity index (χ2n) is 9.23. The van der Waals surface area contributed by atoms with Gasteiger partial charge in [0.15, 0.2) is 0 Å². The monoisotopic (exact) mass is 543 g/mol. The predicted molar refractivity (Wildman–Crippen MR) is 142 cm³/mol. The number of aryl methyl sites for hydroxylation is 1. The van der Waals surface area contributed by atoms with Crippen molar-refractivity contribution >= 4 is 27.5 Å². The molecule has 0 saturated carbocycles. The van der Waals surface area contributed by atoms with Crippen LogP contribution < -0.4 is 9.62 Å². The van der Waals surface area contributed by atoms with Crippen LogP contribution in [-0.2, 0) is 26.2 Å². The Labute approximate surface area is 222 Å². The Kier molecular flexibility index (Phi) is 9.22. The molecule has 0 spiro atoms. The lowest BCUT2D eigenvalue weighted by atomic mass is 10.1. The normalized spacial score (nSPS) is 12.2. The molecule has 2 amide bonds. The lowest BCUT2D eigenvalue weighted by Crippen LogP contribution is -2.52. The maximum Gasteiger partial charge on any atom is 0.264 e. The Morgan fingerprint density at radius 3 is 2.03 bits per heavy atom. The van der Waals surface area contributed by atoms with Crippen molar-refractivity contribution in [1.29, 1.82) is 0 Å². The molecule has 0 aliphatic carbocycles. The third-order valence-electron chi connectivity index (χ3n) is 5.91. The number of carbonyl (C=O) groups excluding carboxylic acids is 2. The minimum Gasteiger partial charge on any atom is -0.352 e. The van der Waals surface area contributed by atoms with Gasteiger partial charge in [-0.15, -0.1) is 0 Å². The Morgan fingerprint density at radius 2 is 1.45 bits per heavy atom. The van der Waals surface area contributed by atoms with E-state index in [1.807, 2.05) is 0 Å². The van der Waals surface area contributed by atoms with Gasteiger partial charge in [0.1, 0.15) is 24.2 Å². The molecular formula is C28H31F2N3O4S. The van der Waals surface area contributed by atoms with Crippen molar-refractivity contribution in [3.8, 4) is 0 Å². The molecular weight excluding hydrogens is 512 g/mol. The first-order chi connectivity index (χ1) is 17.9. The summed E-state index contributed by atoms with van der Waals surface area (Å²) >= 11 is 0. The third-order valence-corrected chi connectivity index (χ3v) is 7.68. The molecule has 38 heavy (non-hydrogen) atoms. The van der Waals surface area contributed by atoms with Crippen LogP contribution >= 0.6 is 0 Å². The van der Waals surface area contributed by atoms with Crippen molar-refractivity contribution in [1.82, 2.24) is 10.2 Å². The maximum absolute atomic E-state index is 14.9. The van der Waals surface area contributed by atoms with Crippen LogP contribution in [0.1, 0.15) is 31.9 Å². The number of hydrogen-bond acceptors (Lipinski definition) is 4. The van der Waals surface area contributed by atoms with Gasteiger partial charge in [0.2, 0.25) is 11.8 Å². The summed E-state index contributed by atoms with van der Waals surface area (Å²) in [6.45, 7) is 5.65. The van der Waals surface area contributed by atoms with Gasteiger partial charge >= 0.3 is 0 Å². The van der Waals surface area contributed by atoms with Gasteiger partial charge in [0.25, 0.3) is 10.0 Å². The molecule has 0 aliphatic rings. The quantitative estimate of drug-likeness (QED) is 0.411. The summed E-state index contributed by atoms with van der Waals surface area (Å²) in [5.74, 6) is -2.73. The summed E-state index contributed by atoms with van der Waals surface area (Å²) in [6.07, 6.45) is 0. The molecule has 0 radical (unpaired) electrons. The second-order valence-corrected chi connectivity index (χ2v) is 11.1. The van der Waals surface area contributed by atoms with Crippen LogP contribution in [0.25, 0.3) is 0 Å². The van der Waals surface area contributed by atoms with Gasteiger partial charge < -0.3 is 10.2 Å². The van der Waals surface area contributed by atoms with Crippen LogP contribution in [-0.4, -0.2) is 43.8 Å².